The summed E-state index contributed by atoms with van der Waals surface area (Å²) in [5.41, 5.74) is 1.65. The molecule has 0 spiro atoms. The summed E-state index contributed by atoms with van der Waals surface area (Å²) in [6.45, 7) is 11.3. The van der Waals surface area contributed by atoms with Gasteiger partial charge in [0.2, 0.25) is 5.91 Å². The Morgan fingerprint density at radius 2 is 1.81 bits per heavy atom. The molecule has 2 aliphatic rings. The van der Waals surface area contributed by atoms with Gasteiger partial charge in [0.1, 0.15) is 5.60 Å². The fourth-order valence-electron chi connectivity index (χ4n) is 4.42. The van der Waals surface area contributed by atoms with E-state index in [-0.39, 0.29) is 29.9 Å². The molecule has 32 heavy (non-hydrogen) atoms. The lowest BCUT2D eigenvalue weighted by Gasteiger charge is -2.34. The minimum absolute atomic E-state index is 0.0541. The number of carbonyl (C=O) groups is 3. The number of nitrogens with zero attached hydrogens (tertiary/aromatic N) is 2. The van der Waals surface area contributed by atoms with Gasteiger partial charge in [0, 0.05) is 36.9 Å². The summed E-state index contributed by atoms with van der Waals surface area (Å²) >= 11 is 0. The first-order valence-corrected chi connectivity index (χ1v) is 11.8. The number of hydrogen-bond donors (Lipinski definition) is 1. The Hall–Kier alpha value is -2.57. The Kier molecular flexibility index (Phi) is 7.47. The van der Waals surface area contributed by atoms with Crippen LogP contribution in [0.15, 0.2) is 18.2 Å². The zero-order chi connectivity index (χ0) is 23.5. The summed E-state index contributed by atoms with van der Waals surface area (Å²) in [6.07, 6.45) is 4.37. The van der Waals surface area contributed by atoms with Gasteiger partial charge in [0.25, 0.3) is 5.91 Å². The van der Waals surface area contributed by atoms with E-state index in [1.54, 1.807) is 11.0 Å². The van der Waals surface area contributed by atoms with Gasteiger partial charge in [-0.15, -0.1) is 0 Å². The molecule has 2 unspecified atom stereocenters. The van der Waals surface area contributed by atoms with E-state index < -0.39 is 5.60 Å². The molecule has 0 aromatic heterocycles. The highest BCUT2D eigenvalue weighted by atomic mass is 16.6. The number of amides is 3. The number of rotatable bonds is 3. The predicted molar refractivity (Wildman–Crippen MR) is 125 cm³/mol. The van der Waals surface area contributed by atoms with Gasteiger partial charge in [-0.05, 0) is 90.5 Å². The first-order valence-electron chi connectivity index (χ1n) is 11.8. The van der Waals surface area contributed by atoms with Gasteiger partial charge >= 0.3 is 6.09 Å². The number of piperidine rings is 2. The Morgan fingerprint density at radius 3 is 2.47 bits per heavy atom. The molecule has 1 aromatic carbocycles. The molecular weight excluding hydrogens is 406 g/mol. The molecular formula is C25H37N3O4. The quantitative estimate of drug-likeness (QED) is 0.741. The number of likely N-dealkylation sites (tertiary alicyclic amines) is 2. The van der Waals surface area contributed by atoms with Crippen molar-refractivity contribution in [2.24, 2.45) is 5.92 Å². The Bertz CT molecular complexity index is 861. The SMILES string of the molecule is Cc1cc(C(=O)N2CCCCC2C)ccc1NC(=O)C1CCCN(C(=O)OC(C)(C)C)C1. The second kappa shape index (κ2) is 9.92. The molecule has 2 aliphatic heterocycles. The third kappa shape index (κ3) is 6.02. The van der Waals surface area contributed by atoms with Crippen molar-refractivity contribution in [1.82, 2.24) is 9.80 Å². The van der Waals surface area contributed by atoms with Crippen LogP contribution in [0.4, 0.5) is 10.5 Å². The molecule has 3 amide bonds. The van der Waals surface area contributed by atoms with Gasteiger partial charge in [-0.3, -0.25) is 9.59 Å². The van der Waals surface area contributed by atoms with E-state index in [1.165, 1.54) is 6.42 Å². The van der Waals surface area contributed by atoms with Crippen molar-refractivity contribution in [2.75, 3.05) is 25.0 Å². The van der Waals surface area contributed by atoms with E-state index in [4.69, 9.17) is 4.74 Å². The number of anilines is 1. The summed E-state index contributed by atoms with van der Waals surface area (Å²) in [5.74, 6) is -0.338. The normalized spacial score (nSPS) is 21.8. The van der Waals surface area contributed by atoms with Gasteiger partial charge in [0.15, 0.2) is 0 Å². The monoisotopic (exact) mass is 443 g/mol. The van der Waals surface area contributed by atoms with Gasteiger partial charge < -0.3 is 19.9 Å². The first-order chi connectivity index (χ1) is 15.0. The minimum atomic E-state index is -0.561. The van der Waals surface area contributed by atoms with Gasteiger partial charge in [-0.2, -0.15) is 0 Å². The van der Waals surface area contributed by atoms with E-state index in [1.807, 2.05) is 44.7 Å². The Balaban J connectivity index is 1.62. The molecule has 0 radical (unpaired) electrons. The second-order valence-electron chi connectivity index (χ2n) is 10.1. The molecule has 176 valence electrons. The molecule has 7 nitrogen and oxygen atoms in total. The third-order valence-electron chi connectivity index (χ3n) is 6.24. The minimum Gasteiger partial charge on any atom is -0.444 e. The fourth-order valence-corrected chi connectivity index (χ4v) is 4.42. The van der Waals surface area contributed by atoms with Crippen LogP contribution in [-0.2, 0) is 9.53 Å². The molecule has 1 aromatic rings. The van der Waals surface area contributed by atoms with E-state index in [0.717, 1.165) is 37.8 Å². The smallest absolute Gasteiger partial charge is 0.410 e. The van der Waals surface area contributed by atoms with E-state index in [2.05, 4.69) is 12.2 Å². The van der Waals surface area contributed by atoms with E-state index in [9.17, 15) is 14.4 Å². The zero-order valence-corrected chi connectivity index (χ0v) is 20.1. The molecule has 7 heteroatoms. The van der Waals surface area contributed by atoms with Crippen molar-refractivity contribution in [3.63, 3.8) is 0 Å². The molecule has 2 heterocycles. The average molecular weight is 444 g/mol. The molecule has 2 fully saturated rings. The molecule has 0 saturated carbocycles. The van der Waals surface area contributed by atoms with Gasteiger partial charge in [0.05, 0.1) is 5.92 Å². The lowest BCUT2D eigenvalue weighted by atomic mass is 9.97. The highest BCUT2D eigenvalue weighted by Gasteiger charge is 2.31. The maximum Gasteiger partial charge on any atom is 0.410 e. The summed E-state index contributed by atoms with van der Waals surface area (Å²) in [4.78, 5) is 41.8. The number of nitrogens with one attached hydrogen (secondary N) is 1. The molecule has 0 aliphatic carbocycles. The maximum atomic E-state index is 12.9. The Labute approximate surface area is 191 Å². The van der Waals surface area contributed by atoms with E-state index in [0.29, 0.717) is 24.3 Å². The van der Waals surface area contributed by atoms with Crippen molar-refractivity contribution in [3.05, 3.63) is 29.3 Å². The van der Waals surface area contributed by atoms with Crippen LogP contribution >= 0.6 is 0 Å². The standard InChI is InChI=1S/C25H37N3O4/c1-17-15-19(23(30)28-14-7-6-9-18(28)2)11-12-21(17)26-22(29)20-10-8-13-27(16-20)24(31)32-25(3,4)5/h11-12,15,18,20H,6-10,13-14,16H2,1-5H3,(H,26,29). The van der Waals surface area contributed by atoms with Crippen LogP contribution in [0.5, 0.6) is 0 Å². The summed E-state index contributed by atoms with van der Waals surface area (Å²) in [6, 6.07) is 5.71. The number of ether oxygens (including phenoxy) is 1. The lowest BCUT2D eigenvalue weighted by molar-refractivity contribution is -0.121. The zero-order valence-electron chi connectivity index (χ0n) is 20.1. The number of benzene rings is 1. The summed E-state index contributed by atoms with van der Waals surface area (Å²) in [7, 11) is 0. The highest BCUT2D eigenvalue weighted by molar-refractivity contribution is 5.97. The van der Waals surface area contributed by atoms with E-state index >= 15 is 0 Å². The fraction of sp³-hybridized carbons (Fsp3) is 0.640. The van der Waals surface area contributed by atoms with Crippen molar-refractivity contribution >= 4 is 23.6 Å². The summed E-state index contributed by atoms with van der Waals surface area (Å²) in [5, 5.41) is 3.00. The number of aryl methyl sites for hydroxylation is 1. The van der Waals surface area contributed by atoms with Crippen molar-refractivity contribution in [1.29, 1.82) is 0 Å². The van der Waals surface area contributed by atoms with Crippen molar-refractivity contribution < 1.29 is 19.1 Å². The van der Waals surface area contributed by atoms with Gasteiger partial charge in [-0.1, -0.05) is 0 Å². The lowest BCUT2D eigenvalue weighted by Crippen LogP contribution is -2.45. The maximum absolute atomic E-state index is 12.9. The first kappa shape index (κ1) is 24.1. The van der Waals surface area contributed by atoms with Crippen LogP contribution in [0, 0.1) is 12.8 Å². The largest absolute Gasteiger partial charge is 0.444 e. The second-order valence-corrected chi connectivity index (χ2v) is 10.1. The predicted octanol–water partition coefficient (Wildman–Crippen LogP) is 4.60. The van der Waals surface area contributed by atoms with Crippen LogP contribution in [0.2, 0.25) is 0 Å². The van der Waals surface area contributed by atoms with Crippen LogP contribution in [0.25, 0.3) is 0 Å². The summed E-state index contributed by atoms with van der Waals surface area (Å²) < 4.78 is 5.46. The van der Waals surface area contributed by atoms with Crippen LogP contribution in [0.3, 0.4) is 0 Å². The third-order valence-corrected chi connectivity index (χ3v) is 6.24. The molecule has 3 rings (SSSR count). The average Bonchev–Trinajstić information content (AvgIpc) is 2.74. The number of hydrogen-bond acceptors (Lipinski definition) is 4. The molecule has 1 N–H and O–H groups in total. The highest BCUT2D eigenvalue weighted by Crippen LogP contribution is 2.25. The van der Waals surface area contributed by atoms with Crippen LogP contribution < -0.4 is 5.32 Å². The number of carbonyl (C=O) groups excluding carboxylic acids is 3. The van der Waals surface area contributed by atoms with Crippen LogP contribution in [0.1, 0.15) is 75.7 Å². The molecule has 2 atom stereocenters. The van der Waals surface area contributed by atoms with Crippen molar-refractivity contribution in [2.45, 2.75) is 78.4 Å². The van der Waals surface area contributed by atoms with Crippen LogP contribution in [-0.4, -0.2) is 59.0 Å². The van der Waals surface area contributed by atoms with Crippen molar-refractivity contribution in [3.8, 4) is 0 Å². The van der Waals surface area contributed by atoms with Gasteiger partial charge in [-0.25, -0.2) is 4.79 Å². The Morgan fingerprint density at radius 1 is 1.06 bits per heavy atom. The molecule has 0 bridgehead atoms. The topological polar surface area (TPSA) is 79.0 Å². The molecule has 2 saturated heterocycles.